The summed E-state index contributed by atoms with van der Waals surface area (Å²) in [7, 11) is 0. The lowest BCUT2D eigenvalue weighted by atomic mass is 9.87. The summed E-state index contributed by atoms with van der Waals surface area (Å²) in [5, 5.41) is 0. The molecule has 1 aromatic rings. The van der Waals surface area contributed by atoms with Gasteiger partial charge in [0.05, 0.1) is 13.2 Å². The van der Waals surface area contributed by atoms with E-state index < -0.39 is 0 Å². The normalized spacial score (nSPS) is 23.2. The molecule has 1 atom stereocenters. The number of nitrogens with zero attached hydrogens (tertiary/aromatic N) is 1. The number of nitrogens with two attached hydrogens (primary N) is 1. The summed E-state index contributed by atoms with van der Waals surface area (Å²) >= 11 is 3.61. The van der Waals surface area contributed by atoms with Crippen LogP contribution in [0.5, 0.6) is 0 Å². The average molecular weight is 325 g/mol. The van der Waals surface area contributed by atoms with E-state index in [1.165, 1.54) is 24.1 Å². The van der Waals surface area contributed by atoms with E-state index >= 15 is 0 Å². The van der Waals surface area contributed by atoms with Crippen molar-refractivity contribution in [3.63, 3.8) is 0 Å². The van der Waals surface area contributed by atoms with Crippen LogP contribution in [0, 0.1) is 0 Å². The Kier molecular flexibility index (Phi) is 3.58. The van der Waals surface area contributed by atoms with Crippen LogP contribution < -0.4 is 10.6 Å². The first-order valence-electron chi connectivity index (χ1n) is 7.02. The monoisotopic (exact) mass is 324 g/mol. The number of rotatable bonds is 3. The molecule has 2 fully saturated rings. The Hall–Kier alpha value is -0.580. The van der Waals surface area contributed by atoms with Gasteiger partial charge < -0.3 is 15.4 Å². The third-order valence-electron chi connectivity index (χ3n) is 4.51. The first-order chi connectivity index (χ1) is 9.13. The van der Waals surface area contributed by atoms with Crippen molar-refractivity contribution >= 4 is 21.6 Å². The summed E-state index contributed by atoms with van der Waals surface area (Å²) in [6.07, 6.45) is 2.41. The van der Waals surface area contributed by atoms with Crippen LogP contribution in [0.3, 0.4) is 0 Å². The molecule has 19 heavy (non-hydrogen) atoms. The topological polar surface area (TPSA) is 38.5 Å². The molecule has 1 aromatic carbocycles. The third-order valence-corrected chi connectivity index (χ3v) is 5.00. The highest BCUT2D eigenvalue weighted by molar-refractivity contribution is 9.10. The van der Waals surface area contributed by atoms with Gasteiger partial charge in [-0.3, -0.25) is 0 Å². The second-order valence-corrected chi connectivity index (χ2v) is 6.62. The second kappa shape index (κ2) is 5.08. The lowest BCUT2D eigenvalue weighted by Crippen LogP contribution is -2.39. The van der Waals surface area contributed by atoms with Crippen LogP contribution in [0.4, 0.5) is 5.69 Å². The molecule has 0 bridgehead atoms. The lowest BCUT2D eigenvalue weighted by Gasteiger charge is -2.33. The summed E-state index contributed by atoms with van der Waals surface area (Å²) in [6, 6.07) is 6.83. The summed E-state index contributed by atoms with van der Waals surface area (Å²) < 4.78 is 6.60. The molecule has 1 heterocycles. The largest absolute Gasteiger partial charge is 0.378 e. The SMILES string of the molecule is CC(N)C1(c2cc(Br)ccc2N2CCOCC2)CC1. The van der Waals surface area contributed by atoms with Crippen molar-refractivity contribution in [1.82, 2.24) is 0 Å². The molecule has 0 radical (unpaired) electrons. The molecular weight excluding hydrogens is 304 g/mol. The number of ether oxygens (including phenoxy) is 1. The molecule has 1 unspecified atom stereocenters. The molecule has 2 N–H and O–H groups in total. The predicted octanol–water partition coefficient (Wildman–Crippen LogP) is 2.66. The fourth-order valence-corrected chi connectivity index (χ4v) is 3.45. The maximum atomic E-state index is 6.25. The van der Waals surface area contributed by atoms with Gasteiger partial charge in [0.1, 0.15) is 0 Å². The molecule has 0 amide bonds. The Bertz CT molecular complexity index is 465. The van der Waals surface area contributed by atoms with Crippen LogP contribution in [0.2, 0.25) is 0 Å². The van der Waals surface area contributed by atoms with E-state index in [0.29, 0.717) is 0 Å². The molecule has 3 nitrogen and oxygen atoms in total. The fraction of sp³-hybridized carbons (Fsp3) is 0.600. The Balaban J connectivity index is 2.00. The quantitative estimate of drug-likeness (QED) is 0.929. The molecule has 3 rings (SSSR count). The van der Waals surface area contributed by atoms with Crippen LogP contribution in [-0.4, -0.2) is 32.3 Å². The molecule has 0 aromatic heterocycles. The van der Waals surface area contributed by atoms with E-state index in [9.17, 15) is 0 Å². The zero-order valence-corrected chi connectivity index (χ0v) is 12.9. The predicted molar refractivity (Wildman–Crippen MR) is 81.7 cm³/mol. The molecule has 0 spiro atoms. The second-order valence-electron chi connectivity index (χ2n) is 5.71. The van der Waals surface area contributed by atoms with Gasteiger partial charge in [-0.05, 0) is 43.5 Å². The number of hydrogen-bond donors (Lipinski definition) is 1. The zero-order chi connectivity index (χ0) is 13.5. The summed E-state index contributed by atoms with van der Waals surface area (Å²) in [4.78, 5) is 2.44. The molecule has 1 saturated carbocycles. The van der Waals surface area contributed by atoms with Gasteiger partial charge in [-0.25, -0.2) is 0 Å². The first-order valence-corrected chi connectivity index (χ1v) is 7.81. The van der Waals surface area contributed by atoms with Gasteiger partial charge in [-0.15, -0.1) is 0 Å². The highest BCUT2D eigenvalue weighted by Crippen LogP contribution is 2.53. The van der Waals surface area contributed by atoms with E-state index in [4.69, 9.17) is 10.5 Å². The Morgan fingerprint density at radius 2 is 2.00 bits per heavy atom. The minimum absolute atomic E-state index is 0.192. The van der Waals surface area contributed by atoms with E-state index in [0.717, 1.165) is 30.8 Å². The van der Waals surface area contributed by atoms with E-state index in [2.05, 4.69) is 46.0 Å². The minimum Gasteiger partial charge on any atom is -0.378 e. The fourth-order valence-electron chi connectivity index (χ4n) is 3.09. The average Bonchev–Trinajstić information content (AvgIpc) is 3.21. The molecule has 1 aliphatic heterocycles. The van der Waals surface area contributed by atoms with Crippen LogP contribution >= 0.6 is 15.9 Å². The number of halogens is 1. The zero-order valence-electron chi connectivity index (χ0n) is 11.4. The molecule has 1 aliphatic carbocycles. The van der Waals surface area contributed by atoms with Crippen molar-refractivity contribution in [3.05, 3.63) is 28.2 Å². The summed E-state index contributed by atoms with van der Waals surface area (Å²) in [6.45, 7) is 5.73. The Labute approximate surface area is 123 Å². The van der Waals surface area contributed by atoms with Crippen molar-refractivity contribution in [3.8, 4) is 0 Å². The highest BCUT2D eigenvalue weighted by atomic mass is 79.9. The highest BCUT2D eigenvalue weighted by Gasteiger charge is 2.49. The number of morpholine rings is 1. The van der Waals surface area contributed by atoms with Crippen molar-refractivity contribution in [2.45, 2.75) is 31.2 Å². The van der Waals surface area contributed by atoms with Crippen LogP contribution in [0.1, 0.15) is 25.3 Å². The first kappa shape index (κ1) is 13.4. The molecule has 2 aliphatic rings. The van der Waals surface area contributed by atoms with Gasteiger partial charge in [-0.2, -0.15) is 0 Å². The number of hydrogen-bond acceptors (Lipinski definition) is 3. The van der Waals surface area contributed by atoms with Crippen molar-refractivity contribution in [1.29, 1.82) is 0 Å². The van der Waals surface area contributed by atoms with Gasteiger partial charge in [0.15, 0.2) is 0 Å². The van der Waals surface area contributed by atoms with E-state index in [1.807, 2.05) is 0 Å². The van der Waals surface area contributed by atoms with Crippen molar-refractivity contribution in [2.75, 3.05) is 31.2 Å². The molecule has 104 valence electrons. The standard InChI is InChI=1S/C15H21BrN2O/c1-11(17)15(4-5-15)13-10-12(16)2-3-14(13)18-6-8-19-9-7-18/h2-3,10-11H,4-9,17H2,1H3. The Morgan fingerprint density at radius 1 is 1.32 bits per heavy atom. The lowest BCUT2D eigenvalue weighted by molar-refractivity contribution is 0.122. The van der Waals surface area contributed by atoms with Gasteiger partial charge in [0, 0.05) is 34.7 Å². The summed E-state index contributed by atoms with van der Waals surface area (Å²) in [5.74, 6) is 0. The third kappa shape index (κ3) is 2.41. The number of anilines is 1. The van der Waals surface area contributed by atoms with Gasteiger partial charge in [0.25, 0.3) is 0 Å². The van der Waals surface area contributed by atoms with Crippen LogP contribution in [0.15, 0.2) is 22.7 Å². The van der Waals surface area contributed by atoms with Crippen LogP contribution in [-0.2, 0) is 10.2 Å². The maximum absolute atomic E-state index is 6.25. The summed E-state index contributed by atoms with van der Waals surface area (Å²) in [5.41, 5.74) is 9.21. The van der Waals surface area contributed by atoms with E-state index in [1.54, 1.807) is 0 Å². The molecular formula is C15H21BrN2O. The van der Waals surface area contributed by atoms with E-state index in [-0.39, 0.29) is 11.5 Å². The minimum atomic E-state index is 0.192. The van der Waals surface area contributed by atoms with Gasteiger partial charge in [-0.1, -0.05) is 15.9 Å². The smallest absolute Gasteiger partial charge is 0.0642 e. The Morgan fingerprint density at radius 3 is 2.58 bits per heavy atom. The number of benzene rings is 1. The molecule has 1 saturated heterocycles. The van der Waals surface area contributed by atoms with Crippen LogP contribution in [0.25, 0.3) is 0 Å². The molecule has 4 heteroatoms. The van der Waals surface area contributed by atoms with Crippen molar-refractivity contribution < 1.29 is 4.74 Å². The van der Waals surface area contributed by atoms with Gasteiger partial charge >= 0.3 is 0 Å². The maximum Gasteiger partial charge on any atom is 0.0642 e. The van der Waals surface area contributed by atoms with Gasteiger partial charge in [0.2, 0.25) is 0 Å². The van der Waals surface area contributed by atoms with Crippen molar-refractivity contribution in [2.24, 2.45) is 5.73 Å².